The van der Waals surface area contributed by atoms with Crippen LogP contribution in [-0.2, 0) is 4.74 Å². The van der Waals surface area contributed by atoms with Crippen LogP contribution in [0, 0.1) is 23.4 Å². The number of hydrogen-bond acceptors (Lipinski definition) is 2. The number of benzene rings is 2. The Balaban J connectivity index is 1.71. The van der Waals surface area contributed by atoms with Crippen molar-refractivity contribution >= 4 is 0 Å². The fraction of sp³-hybridized carbons (Fsp3) is 0.478. The lowest BCUT2D eigenvalue weighted by Crippen LogP contribution is -2.20. The van der Waals surface area contributed by atoms with Gasteiger partial charge in [-0.05, 0) is 48.9 Å². The van der Waals surface area contributed by atoms with E-state index in [2.05, 4.69) is 6.92 Å². The van der Waals surface area contributed by atoms with Crippen LogP contribution >= 0.6 is 0 Å². The molecule has 2 nitrogen and oxygen atoms in total. The quantitative estimate of drug-likeness (QED) is 0.481. The van der Waals surface area contributed by atoms with E-state index in [1.54, 1.807) is 6.07 Å². The Morgan fingerprint density at radius 3 is 2.43 bits per heavy atom. The van der Waals surface area contributed by atoms with Crippen LogP contribution in [0.25, 0.3) is 11.1 Å². The summed E-state index contributed by atoms with van der Waals surface area (Å²) in [5.41, 5.74) is 0.640. The lowest BCUT2D eigenvalue weighted by atomic mass is 9.90. The van der Waals surface area contributed by atoms with Crippen LogP contribution in [0.4, 0.5) is 13.2 Å². The summed E-state index contributed by atoms with van der Waals surface area (Å²) in [4.78, 5) is 0. The van der Waals surface area contributed by atoms with E-state index in [-0.39, 0.29) is 23.0 Å². The van der Waals surface area contributed by atoms with Gasteiger partial charge in [0.15, 0.2) is 11.6 Å². The fourth-order valence-electron chi connectivity index (χ4n) is 3.83. The molecular weight excluding hydrogens is 365 g/mol. The smallest absolute Gasteiger partial charge is 0.201 e. The maximum atomic E-state index is 14.7. The van der Waals surface area contributed by atoms with Gasteiger partial charge in [0, 0.05) is 11.1 Å². The maximum absolute atomic E-state index is 14.7. The third-order valence-corrected chi connectivity index (χ3v) is 5.51. The molecule has 152 valence electrons. The first-order valence-corrected chi connectivity index (χ1v) is 9.98. The van der Waals surface area contributed by atoms with Crippen LogP contribution in [0.1, 0.15) is 57.1 Å². The molecule has 1 aliphatic rings. The topological polar surface area (TPSA) is 18.5 Å². The second-order valence-corrected chi connectivity index (χ2v) is 7.44. The summed E-state index contributed by atoms with van der Waals surface area (Å²) >= 11 is 0. The molecule has 1 heterocycles. The van der Waals surface area contributed by atoms with Gasteiger partial charge in [0.1, 0.15) is 5.82 Å². The molecule has 1 aliphatic heterocycles. The summed E-state index contributed by atoms with van der Waals surface area (Å²) in [6.07, 6.45) is 6.62. The van der Waals surface area contributed by atoms with Crippen molar-refractivity contribution in [3.63, 3.8) is 0 Å². The largest absolute Gasteiger partial charge is 0.494 e. The highest BCUT2D eigenvalue weighted by molar-refractivity contribution is 5.66. The maximum Gasteiger partial charge on any atom is 0.201 e. The molecule has 0 aromatic heterocycles. The molecule has 0 aliphatic carbocycles. The summed E-state index contributed by atoms with van der Waals surface area (Å²) < 4.78 is 53.7. The summed E-state index contributed by atoms with van der Waals surface area (Å²) in [6.45, 7) is 2.88. The van der Waals surface area contributed by atoms with Crippen LogP contribution in [0.5, 0.6) is 5.75 Å². The first-order valence-electron chi connectivity index (χ1n) is 9.98. The minimum Gasteiger partial charge on any atom is -0.494 e. The van der Waals surface area contributed by atoms with Crippen LogP contribution in [0.15, 0.2) is 30.3 Å². The molecule has 2 aromatic carbocycles. The number of halogens is 3. The molecule has 3 rings (SSSR count). The Hall–Kier alpha value is -2.01. The molecule has 0 spiro atoms. The number of ether oxygens (including phenoxy) is 2. The molecule has 28 heavy (non-hydrogen) atoms. The lowest BCUT2D eigenvalue weighted by molar-refractivity contribution is -0.0200. The van der Waals surface area contributed by atoms with Crippen molar-refractivity contribution in [1.29, 1.82) is 0 Å². The molecule has 0 amide bonds. The highest BCUT2D eigenvalue weighted by atomic mass is 19.2. The Morgan fingerprint density at radius 1 is 1.00 bits per heavy atom. The van der Waals surface area contributed by atoms with Crippen LogP contribution < -0.4 is 4.74 Å². The molecule has 0 saturated carbocycles. The highest BCUT2D eigenvalue weighted by Crippen LogP contribution is 2.36. The van der Waals surface area contributed by atoms with Gasteiger partial charge in [0.2, 0.25) is 5.82 Å². The van der Waals surface area contributed by atoms with E-state index < -0.39 is 17.5 Å². The van der Waals surface area contributed by atoms with Gasteiger partial charge in [0.05, 0.1) is 19.8 Å². The van der Waals surface area contributed by atoms with Gasteiger partial charge in [-0.3, -0.25) is 0 Å². The first-order chi connectivity index (χ1) is 13.5. The number of rotatable bonds is 7. The Morgan fingerprint density at radius 2 is 1.79 bits per heavy atom. The van der Waals surface area contributed by atoms with Gasteiger partial charge in [-0.25, -0.2) is 8.78 Å². The van der Waals surface area contributed by atoms with Gasteiger partial charge in [-0.1, -0.05) is 38.3 Å². The normalized spacial score (nSPS) is 19.6. The molecule has 5 heteroatoms. The summed E-state index contributed by atoms with van der Waals surface area (Å²) in [5, 5.41) is 0. The minimum atomic E-state index is -1.12. The highest BCUT2D eigenvalue weighted by Gasteiger charge is 2.24. The third kappa shape index (κ3) is 4.52. The average Bonchev–Trinajstić information content (AvgIpc) is 2.71. The zero-order valence-corrected chi connectivity index (χ0v) is 16.4. The fourth-order valence-corrected chi connectivity index (χ4v) is 3.83. The van der Waals surface area contributed by atoms with Crippen molar-refractivity contribution in [2.24, 2.45) is 5.92 Å². The van der Waals surface area contributed by atoms with Crippen molar-refractivity contribution in [2.75, 3.05) is 13.7 Å². The number of unbranched alkanes of at least 4 members (excludes halogenated alkanes) is 2. The van der Waals surface area contributed by atoms with Gasteiger partial charge in [-0.2, -0.15) is 4.39 Å². The van der Waals surface area contributed by atoms with Crippen molar-refractivity contribution in [3.8, 4) is 16.9 Å². The predicted octanol–water partition coefficient (Wildman–Crippen LogP) is 6.83. The SMILES string of the molecule is CCCCCC1CCC(c2ccc(-c3ccc(OC)c(F)c3F)c(F)c2)OC1. The second kappa shape index (κ2) is 9.46. The van der Waals surface area contributed by atoms with E-state index in [1.807, 2.05) is 0 Å². The zero-order valence-electron chi connectivity index (χ0n) is 16.4. The Kier molecular flexibility index (Phi) is 7.00. The van der Waals surface area contributed by atoms with Crippen molar-refractivity contribution in [2.45, 2.75) is 51.6 Å². The van der Waals surface area contributed by atoms with Gasteiger partial charge >= 0.3 is 0 Å². The molecule has 0 radical (unpaired) electrons. The van der Waals surface area contributed by atoms with Gasteiger partial charge < -0.3 is 9.47 Å². The summed E-state index contributed by atoms with van der Waals surface area (Å²) in [5.74, 6) is -2.46. The van der Waals surface area contributed by atoms with E-state index >= 15 is 0 Å². The Labute approximate surface area is 164 Å². The number of hydrogen-bond donors (Lipinski definition) is 0. The van der Waals surface area contributed by atoms with Crippen LogP contribution in [0.3, 0.4) is 0 Å². The van der Waals surface area contributed by atoms with E-state index in [1.165, 1.54) is 57.1 Å². The molecule has 0 bridgehead atoms. The van der Waals surface area contributed by atoms with E-state index in [0.29, 0.717) is 12.5 Å². The molecule has 2 unspecified atom stereocenters. The summed E-state index contributed by atoms with van der Waals surface area (Å²) in [7, 11) is 1.26. The van der Waals surface area contributed by atoms with E-state index in [4.69, 9.17) is 9.47 Å². The molecule has 2 atom stereocenters. The summed E-state index contributed by atoms with van der Waals surface area (Å²) in [6, 6.07) is 7.23. The second-order valence-electron chi connectivity index (χ2n) is 7.44. The van der Waals surface area contributed by atoms with Crippen molar-refractivity contribution in [3.05, 3.63) is 53.3 Å². The van der Waals surface area contributed by atoms with Crippen LogP contribution in [-0.4, -0.2) is 13.7 Å². The predicted molar refractivity (Wildman–Crippen MR) is 104 cm³/mol. The number of methoxy groups -OCH3 is 1. The van der Waals surface area contributed by atoms with Gasteiger partial charge in [0.25, 0.3) is 0 Å². The van der Waals surface area contributed by atoms with Crippen molar-refractivity contribution in [1.82, 2.24) is 0 Å². The average molecular weight is 392 g/mol. The van der Waals surface area contributed by atoms with Gasteiger partial charge in [-0.15, -0.1) is 0 Å². The van der Waals surface area contributed by atoms with E-state index in [9.17, 15) is 13.2 Å². The standard InChI is InChI=1S/C23H27F3O2/c1-3-4-5-6-15-7-11-20(28-14-15)16-8-9-17(19(24)13-16)18-10-12-21(27-2)23(26)22(18)25/h8-10,12-13,15,20H,3-7,11,14H2,1-2H3. The molecule has 1 saturated heterocycles. The molecule has 0 N–H and O–H groups in total. The molecular formula is C23H27F3O2. The Bertz CT molecular complexity index is 799. The van der Waals surface area contributed by atoms with Crippen LogP contribution in [0.2, 0.25) is 0 Å². The van der Waals surface area contributed by atoms with E-state index in [0.717, 1.165) is 18.4 Å². The zero-order chi connectivity index (χ0) is 20.1. The monoisotopic (exact) mass is 392 g/mol. The van der Waals surface area contributed by atoms with Crippen molar-refractivity contribution < 1.29 is 22.6 Å². The third-order valence-electron chi connectivity index (χ3n) is 5.51. The molecule has 1 fully saturated rings. The molecule has 2 aromatic rings. The minimum absolute atomic E-state index is 0.0241. The lowest BCUT2D eigenvalue weighted by Gasteiger charge is -2.29. The first kappa shape index (κ1) is 20.7.